The van der Waals surface area contributed by atoms with Crippen LogP contribution in [0.1, 0.15) is 18.9 Å². The van der Waals surface area contributed by atoms with Crippen molar-refractivity contribution in [1.82, 2.24) is 10.4 Å². The first-order valence-electron chi connectivity index (χ1n) is 7.85. The molecule has 0 aliphatic heterocycles. The van der Waals surface area contributed by atoms with E-state index >= 15 is 0 Å². The molecular formula is C18H19N5O3. The summed E-state index contributed by atoms with van der Waals surface area (Å²) >= 11 is 0. The van der Waals surface area contributed by atoms with Gasteiger partial charge in [-0.2, -0.15) is 5.10 Å². The summed E-state index contributed by atoms with van der Waals surface area (Å²) in [5, 5.41) is 8.87. The van der Waals surface area contributed by atoms with Gasteiger partial charge in [0.1, 0.15) is 0 Å². The minimum absolute atomic E-state index is 0.0330. The summed E-state index contributed by atoms with van der Waals surface area (Å²) in [6.45, 7) is 3.49. The van der Waals surface area contributed by atoms with Crippen LogP contribution < -0.4 is 16.1 Å². The largest absolute Gasteiger partial charge is 0.329 e. The number of amides is 3. The summed E-state index contributed by atoms with van der Waals surface area (Å²) < 4.78 is 0. The molecular weight excluding hydrogens is 334 g/mol. The van der Waals surface area contributed by atoms with Crippen molar-refractivity contribution < 1.29 is 14.4 Å². The predicted octanol–water partition coefficient (Wildman–Crippen LogP) is 1.85. The fraction of sp³-hybridized carbons (Fsp3) is 0.167. The van der Waals surface area contributed by atoms with E-state index in [9.17, 15) is 14.4 Å². The topological polar surface area (TPSA) is 113 Å². The van der Waals surface area contributed by atoms with Crippen molar-refractivity contribution in [3.63, 3.8) is 0 Å². The van der Waals surface area contributed by atoms with Crippen LogP contribution in [0.15, 0.2) is 53.9 Å². The van der Waals surface area contributed by atoms with Crippen molar-refractivity contribution >= 4 is 34.8 Å². The van der Waals surface area contributed by atoms with E-state index in [2.05, 4.69) is 26.1 Å². The number of aryl methyl sites for hydroxylation is 1. The van der Waals surface area contributed by atoms with Gasteiger partial charge in [0.05, 0.1) is 18.3 Å². The Hall–Kier alpha value is -3.55. The maximum absolute atomic E-state index is 11.9. The Morgan fingerprint density at radius 3 is 2.38 bits per heavy atom. The molecule has 0 saturated heterocycles. The molecule has 0 bridgehead atoms. The number of nitrogens with zero attached hydrogens (tertiary/aromatic N) is 2. The molecule has 0 fully saturated rings. The fourth-order valence-electron chi connectivity index (χ4n) is 1.94. The number of carbonyl (C=O) groups is 3. The molecule has 0 aliphatic rings. The maximum Gasteiger partial charge on any atom is 0.329 e. The molecule has 0 unspecified atom stereocenters. The third kappa shape index (κ3) is 6.16. The highest BCUT2D eigenvalue weighted by Gasteiger charge is 2.13. The van der Waals surface area contributed by atoms with E-state index in [0.29, 0.717) is 17.1 Å². The van der Waals surface area contributed by atoms with Gasteiger partial charge in [-0.25, -0.2) is 5.43 Å². The molecule has 26 heavy (non-hydrogen) atoms. The van der Waals surface area contributed by atoms with Crippen LogP contribution in [0.5, 0.6) is 0 Å². The van der Waals surface area contributed by atoms with Crippen molar-refractivity contribution in [2.24, 2.45) is 5.10 Å². The Morgan fingerprint density at radius 1 is 1.00 bits per heavy atom. The van der Waals surface area contributed by atoms with Gasteiger partial charge in [-0.05, 0) is 38.1 Å². The van der Waals surface area contributed by atoms with Gasteiger partial charge in [-0.1, -0.05) is 17.7 Å². The van der Waals surface area contributed by atoms with Crippen LogP contribution in [0.3, 0.4) is 0 Å². The lowest BCUT2D eigenvalue weighted by Gasteiger charge is -2.06. The lowest BCUT2D eigenvalue weighted by atomic mass is 10.2. The van der Waals surface area contributed by atoms with Gasteiger partial charge in [-0.3, -0.25) is 19.4 Å². The summed E-state index contributed by atoms with van der Waals surface area (Å²) in [7, 11) is 0. The maximum atomic E-state index is 11.9. The number of hydrogen-bond donors (Lipinski definition) is 3. The molecule has 1 aromatic carbocycles. The second-order valence-corrected chi connectivity index (χ2v) is 5.57. The highest BCUT2D eigenvalue weighted by molar-refractivity contribution is 6.39. The molecule has 2 aromatic rings. The number of rotatable bonds is 5. The van der Waals surface area contributed by atoms with E-state index in [1.165, 1.54) is 6.20 Å². The number of aromatic nitrogens is 1. The van der Waals surface area contributed by atoms with Gasteiger partial charge in [-0.15, -0.1) is 0 Å². The van der Waals surface area contributed by atoms with E-state index in [-0.39, 0.29) is 12.3 Å². The van der Waals surface area contributed by atoms with Crippen molar-refractivity contribution in [3.8, 4) is 0 Å². The smallest absolute Gasteiger partial charge is 0.324 e. The lowest BCUT2D eigenvalue weighted by Crippen LogP contribution is -2.33. The van der Waals surface area contributed by atoms with Crippen LogP contribution in [0.25, 0.3) is 0 Å². The van der Waals surface area contributed by atoms with E-state index < -0.39 is 11.8 Å². The van der Waals surface area contributed by atoms with E-state index in [4.69, 9.17) is 0 Å². The van der Waals surface area contributed by atoms with Crippen LogP contribution in [-0.4, -0.2) is 28.4 Å². The second-order valence-electron chi connectivity index (χ2n) is 5.57. The highest BCUT2D eigenvalue weighted by Crippen LogP contribution is 2.08. The first kappa shape index (κ1) is 18.8. The van der Waals surface area contributed by atoms with E-state index in [1.807, 2.05) is 19.1 Å². The summed E-state index contributed by atoms with van der Waals surface area (Å²) in [4.78, 5) is 39.3. The molecule has 134 valence electrons. The fourth-order valence-corrected chi connectivity index (χ4v) is 1.94. The van der Waals surface area contributed by atoms with Gasteiger partial charge in [0.25, 0.3) is 0 Å². The Morgan fingerprint density at radius 2 is 1.73 bits per heavy atom. The van der Waals surface area contributed by atoms with Crippen molar-refractivity contribution in [2.75, 3.05) is 10.6 Å². The summed E-state index contributed by atoms with van der Waals surface area (Å²) in [6.07, 6.45) is 3.08. The number of hydrogen-bond acceptors (Lipinski definition) is 5. The lowest BCUT2D eigenvalue weighted by molar-refractivity contribution is -0.136. The number of benzene rings is 1. The molecule has 8 heteroatoms. The molecule has 3 N–H and O–H groups in total. The first-order valence-corrected chi connectivity index (χ1v) is 7.85. The summed E-state index contributed by atoms with van der Waals surface area (Å²) in [5.41, 5.74) is 4.59. The SMILES string of the molecule is CC(CC(=O)Nc1cccnc1)=NNC(=O)C(=O)Nc1ccc(C)cc1. The molecule has 0 atom stereocenters. The third-order valence-corrected chi connectivity index (χ3v) is 3.23. The molecule has 3 amide bonds. The molecule has 0 aliphatic carbocycles. The zero-order chi connectivity index (χ0) is 18.9. The third-order valence-electron chi connectivity index (χ3n) is 3.23. The highest BCUT2D eigenvalue weighted by atomic mass is 16.2. The molecule has 1 aromatic heterocycles. The van der Waals surface area contributed by atoms with Gasteiger partial charge >= 0.3 is 11.8 Å². The van der Waals surface area contributed by atoms with Crippen LogP contribution in [0.4, 0.5) is 11.4 Å². The van der Waals surface area contributed by atoms with Crippen molar-refractivity contribution in [1.29, 1.82) is 0 Å². The average Bonchev–Trinajstić information content (AvgIpc) is 2.62. The number of anilines is 2. The molecule has 8 nitrogen and oxygen atoms in total. The Kier molecular flexibility index (Phi) is 6.55. The monoisotopic (exact) mass is 353 g/mol. The zero-order valence-corrected chi connectivity index (χ0v) is 14.4. The van der Waals surface area contributed by atoms with E-state index in [0.717, 1.165) is 5.56 Å². The number of carbonyl (C=O) groups excluding carboxylic acids is 3. The van der Waals surface area contributed by atoms with Crippen molar-refractivity contribution in [2.45, 2.75) is 20.3 Å². The molecule has 0 saturated carbocycles. The van der Waals surface area contributed by atoms with Crippen LogP contribution >= 0.6 is 0 Å². The predicted molar refractivity (Wildman–Crippen MR) is 98.5 cm³/mol. The van der Waals surface area contributed by atoms with Gasteiger partial charge in [0, 0.05) is 17.6 Å². The van der Waals surface area contributed by atoms with Crippen molar-refractivity contribution in [3.05, 3.63) is 54.4 Å². The van der Waals surface area contributed by atoms with Crippen LogP contribution in [0, 0.1) is 6.92 Å². The minimum Gasteiger partial charge on any atom is -0.324 e. The minimum atomic E-state index is -0.919. The van der Waals surface area contributed by atoms with Crippen LogP contribution in [-0.2, 0) is 14.4 Å². The summed E-state index contributed by atoms with van der Waals surface area (Å²) in [5.74, 6) is -2.07. The Balaban J connectivity index is 1.81. The zero-order valence-electron chi connectivity index (χ0n) is 14.4. The Bertz CT molecular complexity index is 816. The standard InChI is InChI=1S/C18H19N5O3/c1-12-5-7-14(8-6-12)21-17(25)18(26)23-22-13(2)10-16(24)20-15-4-3-9-19-11-15/h3-9,11H,10H2,1-2H3,(H,20,24)(H,21,25)(H,23,26). The molecule has 0 spiro atoms. The first-order chi connectivity index (χ1) is 12.4. The molecule has 1 heterocycles. The normalized spacial score (nSPS) is 10.8. The summed E-state index contributed by atoms with van der Waals surface area (Å²) in [6, 6.07) is 10.4. The van der Waals surface area contributed by atoms with Crippen LogP contribution in [0.2, 0.25) is 0 Å². The Labute approximate surface area is 150 Å². The van der Waals surface area contributed by atoms with Gasteiger partial charge < -0.3 is 10.6 Å². The average molecular weight is 353 g/mol. The van der Waals surface area contributed by atoms with E-state index in [1.54, 1.807) is 37.4 Å². The molecule has 2 rings (SSSR count). The number of hydrazone groups is 1. The van der Waals surface area contributed by atoms with Gasteiger partial charge in [0.15, 0.2) is 0 Å². The quantitative estimate of drug-likeness (QED) is 0.432. The number of nitrogens with one attached hydrogen (secondary N) is 3. The second kappa shape index (κ2) is 9.07. The molecule has 0 radical (unpaired) electrons. The van der Waals surface area contributed by atoms with Gasteiger partial charge in [0.2, 0.25) is 5.91 Å². The number of pyridine rings is 1.